The van der Waals surface area contributed by atoms with Gasteiger partial charge in [-0.3, -0.25) is 4.79 Å². The number of anilines is 2. The Balaban J connectivity index is 1.86. The summed E-state index contributed by atoms with van der Waals surface area (Å²) in [5.74, 6) is 1.50. The zero-order valence-electron chi connectivity index (χ0n) is 17.0. The molecule has 2 heterocycles. The van der Waals surface area contributed by atoms with Gasteiger partial charge in [-0.15, -0.1) is 5.10 Å². The van der Waals surface area contributed by atoms with Gasteiger partial charge in [0.15, 0.2) is 11.6 Å². The van der Waals surface area contributed by atoms with Crippen molar-refractivity contribution < 1.29 is 4.79 Å². The quantitative estimate of drug-likeness (QED) is 0.734. The minimum absolute atomic E-state index is 0.122. The molecule has 1 aliphatic carbocycles. The second-order valence-electron chi connectivity index (χ2n) is 7.91. The van der Waals surface area contributed by atoms with Crippen molar-refractivity contribution in [2.24, 2.45) is 5.92 Å². The molecule has 0 fully saturated rings. The molecule has 0 saturated carbocycles. The van der Waals surface area contributed by atoms with Gasteiger partial charge >= 0.3 is 0 Å². The summed E-state index contributed by atoms with van der Waals surface area (Å²) in [6.07, 6.45) is 1.31. The van der Waals surface area contributed by atoms with E-state index in [0.717, 1.165) is 34.8 Å². The van der Waals surface area contributed by atoms with E-state index in [1.54, 1.807) is 4.68 Å². The number of carbonyl (C=O) groups excluding carboxylic acids is 1. The summed E-state index contributed by atoms with van der Waals surface area (Å²) in [6.45, 7) is 10.1. The fourth-order valence-corrected chi connectivity index (χ4v) is 3.89. The van der Waals surface area contributed by atoms with Gasteiger partial charge in [-0.25, -0.2) is 14.6 Å². The third-order valence-corrected chi connectivity index (χ3v) is 5.13. The number of hydrogen-bond acceptors (Lipinski definition) is 5. The average Bonchev–Trinajstić information content (AvgIpc) is 2.95. The number of benzene rings is 1. The second-order valence-corrected chi connectivity index (χ2v) is 7.91. The van der Waals surface area contributed by atoms with Gasteiger partial charge in [-0.2, -0.15) is 0 Å². The van der Waals surface area contributed by atoms with Crippen LogP contribution in [0.2, 0.25) is 0 Å². The number of nitrogens with one attached hydrogen (secondary N) is 1. The first-order valence-electron chi connectivity index (χ1n) is 9.64. The lowest BCUT2D eigenvalue weighted by molar-refractivity contribution is 0.0953. The number of Topliss-reactive ketones (excluding diaryl/α,β-unsaturated/α-hetero) is 1. The van der Waals surface area contributed by atoms with E-state index >= 15 is 0 Å². The van der Waals surface area contributed by atoms with Crippen LogP contribution in [-0.4, -0.2) is 25.5 Å². The maximum atomic E-state index is 12.9. The van der Waals surface area contributed by atoms with E-state index < -0.39 is 0 Å². The number of carbonyl (C=O) groups is 1. The SMILES string of the molecule is Cc1ccc(Nc2nn(-c3nc(C)cc(C)n3)c3c2C(=O)CC(C)C3)c(C)c1. The summed E-state index contributed by atoms with van der Waals surface area (Å²) in [5, 5.41) is 8.13. The van der Waals surface area contributed by atoms with Crippen LogP contribution >= 0.6 is 0 Å². The molecule has 28 heavy (non-hydrogen) atoms. The van der Waals surface area contributed by atoms with Crippen LogP contribution in [0.15, 0.2) is 24.3 Å². The van der Waals surface area contributed by atoms with E-state index in [0.29, 0.717) is 23.8 Å². The number of aromatic nitrogens is 4. The zero-order valence-corrected chi connectivity index (χ0v) is 17.0. The topological polar surface area (TPSA) is 72.7 Å². The molecule has 1 N–H and O–H groups in total. The summed E-state index contributed by atoms with van der Waals surface area (Å²) in [6, 6.07) is 8.12. The van der Waals surface area contributed by atoms with Crippen molar-refractivity contribution in [3.63, 3.8) is 0 Å². The predicted molar refractivity (Wildman–Crippen MR) is 110 cm³/mol. The minimum Gasteiger partial charge on any atom is -0.338 e. The molecule has 1 aromatic carbocycles. The highest BCUT2D eigenvalue weighted by Gasteiger charge is 2.32. The van der Waals surface area contributed by atoms with E-state index in [1.165, 1.54) is 5.56 Å². The van der Waals surface area contributed by atoms with Gasteiger partial charge in [-0.1, -0.05) is 24.6 Å². The Morgan fingerprint density at radius 2 is 1.75 bits per heavy atom. The molecule has 0 radical (unpaired) electrons. The van der Waals surface area contributed by atoms with Gasteiger partial charge in [-0.05, 0) is 57.7 Å². The highest BCUT2D eigenvalue weighted by molar-refractivity contribution is 6.03. The minimum atomic E-state index is 0.122. The van der Waals surface area contributed by atoms with Crippen molar-refractivity contribution in [1.29, 1.82) is 0 Å². The average molecular weight is 375 g/mol. The van der Waals surface area contributed by atoms with Gasteiger partial charge in [0, 0.05) is 23.5 Å². The molecular weight excluding hydrogens is 350 g/mol. The van der Waals surface area contributed by atoms with Gasteiger partial charge in [0.1, 0.15) is 0 Å². The van der Waals surface area contributed by atoms with E-state index in [4.69, 9.17) is 5.10 Å². The molecule has 1 atom stereocenters. The van der Waals surface area contributed by atoms with Crippen molar-refractivity contribution in [2.75, 3.05) is 5.32 Å². The molecule has 0 bridgehead atoms. The number of rotatable bonds is 3. The monoisotopic (exact) mass is 375 g/mol. The Labute approximate surface area is 165 Å². The maximum absolute atomic E-state index is 12.9. The number of nitrogens with zero attached hydrogens (tertiary/aromatic N) is 4. The molecule has 0 aliphatic heterocycles. The smallest absolute Gasteiger partial charge is 0.251 e. The van der Waals surface area contributed by atoms with Crippen LogP contribution < -0.4 is 5.32 Å². The van der Waals surface area contributed by atoms with Crippen LogP contribution in [0.1, 0.15) is 51.9 Å². The van der Waals surface area contributed by atoms with Crippen LogP contribution in [-0.2, 0) is 6.42 Å². The van der Waals surface area contributed by atoms with Crippen LogP contribution in [0.25, 0.3) is 5.95 Å². The number of aryl methyl sites for hydroxylation is 4. The fourth-order valence-electron chi connectivity index (χ4n) is 3.89. The molecule has 0 amide bonds. The molecular formula is C22H25N5O. The van der Waals surface area contributed by atoms with E-state index in [2.05, 4.69) is 48.2 Å². The summed E-state index contributed by atoms with van der Waals surface area (Å²) in [4.78, 5) is 22.0. The van der Waals surface area contributed by atoms with E-state index in [9.17, 15) is 4.79 Å². The first kappa shape index (κ1) is 18.3. The molecule has 6 nitrogen and oxygen atoms in total. The molecule has 2 aromatic heterocycles. The van der Waals surface area contributed by atoms with E-state index in [1.807, 2.05) is 26.0 Å². The van der Waals surface area contributed by atoms with Crippen LogP contribution in [0, 0.1) is 33.6 Å². The van der Waals surface area contributed by atoms with Crippen LogP contribution in [0.3, 0.4) is 0 Å². The normalized spacial score (nSPS) is 16.2. The Morgan fingerprint density at radius 3 is 2.43 bits per heavy atom. The summed E-state index contributed by atoms with van der Waals surface area (Å²) in [7, 11) is 0. The summed E-state index contributed by atoms with van der Waals surface area (Å²) >= 11 is 0. The van der Waals surface area contributed by atoms with Gasteiger partial charge < -0.3 is 5.32 Å². The van der Waals surface area contributed by atoms with Gasteiger partial charge in [0.25, 0.3) is 5.95 Å². The number of fused-ring (bicyclic) bond motifs is 1. The van der Waals surface area contributed by atoms with Crippen molar-refractivity contribution >= 4 is 17.3 Å². The highest BCUT2D eigenvalue weighted by Crippen LogP contribution is 2.34. The van der Waals surface area contributed by atoms with Crippen molar-refractivity contribution in [1.82, 2.24) is 19.7 Å². The molecule has 3 aromatic rings. The zero-order chi connectivity index (χ0) is 20.0. The lowest BCUT2D eigenvalue weighted by atomic mass is 9.88. The standard InChI is InChI=1S/C22H25N5O/c1-12-6-7-17(14(3)8-12)25-21-20-18(9-13(2)10-19(20)28)27(26-21)22-23-15(4)11-16(5)24-22/h6-8,11,13H,9-10H2,1-5H3,(H,25,26). The van der Waals surface area contributed by atoms with Gasteiger partial charge in [0.2, 0.25) is 0 Å². The maximum Gasteiger partial charge on any atom is 0.251 e. The number of ketones is 1. The second kappa shape index (κ2) is 6.86. The predicted octanol–water partition coefficient (Wildman–Crippen LogP) is 4.40. The summed E-state index contributed by atoms with van der Waals surface area (Å²) < 4.78 is 1.74. The van der Waals surface area contributed by atoms with Crippen molar-refractivity contribution in [3.05, 3.63) is 58.0 Å². The van der Waals surface area contributed by atoms with E-state index in [-0.39, 0.29) is 11.7 Å². The van der Waals surface area contributed by atoms with Crippen molar-refractivity contribution in [2.45, 2.75) is 47.5 Å². The molecule has 0 spiro atoms. The van der Waals surface area contributed by atoms with Gasteiger partial charge in [0.05, 0.1) is 11.3 Å². The first-order valence-corrected chi connectivity index (χ1v) is 9.64. The summed E-state index contributed by atoms with van der Waals surface area (Å²) in [5.41, 5.74) is 6.58. The molecule has 1 aliphatic rings. The Hall–Kier alpha value is -3.02. The Bertz CT molecular complexity index is 1060. The fraction of sp³-hybridized carbons (Fsp3) is 0.364. The highest BCUT2D eigenvalue weighted by atomic mass is 16.1. The Kier molecular flexibility index (Phi) is 4.49. The third kappa shape index (κ3) is 3.30. The first-order chi connectivity index (χ1) is 13.3. The lowest BCUT2D eigenvalue weighted by Crippen LogP contribution is -2.20. The van der Waals surface area contributed by atoms with Crippen molar-refractivity contribution in [3.8, 4) is 5.95 Å². The largest absolute Gasteiger partial charge is 0.338 e. The molecule has 144 valence electrons. The van der Waals surface area contributed by atoms with Crippen LogP contribution in [0.4, 0.5) is 11.5 Å². The molecule has 0 saturated heterocycles. The third-order valence-electron chi connectivity index (χ3n) is 5.13. The Morgan fingerprint density at radius 1 is 1.04 bits per heavy atom. The molecule has 1 unspecified atom stereocenters. The molecule has 6 heteroatoms. The van der Waals surface area contributed by atoms with Crippen LogP contribution in [0.5, 0.6) is 0 Å². The number of hydrogen-bond donors (Lipinski definition) is 1. The lowest BCUT2D eigenvalue weighted by Gasteiger charge is -2.19. The molecule has 4 rings (SSSR count).